The van der Waals surface area contributed by atoms with Crippen LogP contribution in [0.2, 0.25) is 0 Å². The Balaban J connectivity index is 1.90. The average Bonchev–Trinajstić information content (AvgIpc) is 3.01. The quantitative estimate of drug-likeness (QED) is 0.874. The number of hydrogen-bond acceptors (Lipinski definition) is 4. The zero-order valence-corrected chi connectivity index (χ0v) is 15.0. The second-order valence-electron chi connectivity index (χ2n) is 7.60. The van der Waals surface area contributed by atoms with Crippen LogP contribution in [-0.4, -0.2) is 33.6 Å². The molecule has 0 unspecified atom stereocenters. The predicted molar refractivity (Wildman–Crippen MR) is 90.2 cm³/mol. The number of carbonyl (C=O) groups excluding carboxylic acids is 1. The summed E-state index contributed by atoms with van der Waals surface area (Å²) in [5.41, 5.74) is 1.66. The summed E-state index contributed by atoms with van der Waals surface area (Å²) in [6.07, 6.45) is 4.15. The molecule has 23 heavy (non-hydrogen) atoms. The van der Waals surface area contributed by atoms with Gasteiger partial charge in [0.1, 0.15) is 5.60 Å². The van der Waals surface area contributed by atoms with Crippen molar-refractivity contribution in [1.29, 1.82) is 0 Å². The van der Waals surface area contributed by atoms with Crippen LogP contribution in [0, 0.1) is 6.92 Å². The molecule has 1 heterocycles. The molecule has 0 atom stereocenters. The number of carbonyl (C=O) groups is 1. The molecule has 1 aliphatic carbocycles. The van der Waals surface area contributed by atoms with Crippen molar-refractivity contribution < 1.29 is 9.53 Å². The maximum absolute atomic E-state index is 11.9. The van der Waals surface area contributed by atoms with Crippen molar-refractivity contribution in [2.24, 2.45) is 7.05 Å². The molecule has 1 aliphatic rings. The van der Waals surface area contributed by atoms with E-state index in [1.54, 1.807) is 0 Å². The fraction of sp³-hybridized carbons (Fsp3) is 0.765. The second kappa shape index (κ2) is 6.91. The van der Waals surface area contributed by atoms with Gasteiger partial charge in [-0.2, -0.15) is 5.10 Å². The number of alkyl carbamates (subject to hydrolysis) is 1. The summed E-state index contributed by atoms with van der Waals surface area (Å²) in [5.74, 6) is 0. The van der Waals surface area contributed by atoms with Gasteiger partial charge in [-0.1, -0.05) is 12.8 Å². The lowest BCUT2D eigenvalue weighted by atomic mass is 9.97. The molecule has 6 heteroatoms. The highest BCUT2D eigenvalue weighted by Crippen LogP contribution is 2.29. The molecule has 1 amide bonds. The van der Waals surface area contributed by atoms with Gasteiger partial charge in [0.25, 0.3) is 0 Å². The van der Waals surface area contributed by atoms with Crippen molar-refractivity contribution in [1.82, 2.24) is 20.4 Å². The SMILES string of the molecule is Cc1cc(CNC2(CNC(=O)OC(C)(C)C)CCCC2)nn1C. The van der Waals surface area contributed by atoms with Crippen molar-refractivity contribution in [2.75, 3.05) is 6.54 Å². The highest BCUT2D eigenvalue weighted by atomic mass is 16.6. The molecule has 1 aromatic rings. The van der Waals surface area contributed by atoms with E-state index in [1.807, 2.05) is 39.4 Å². The summed E-state index contributed by atoms with van der Waals surface area (Å²) >= 11 is 0. The van der Waals surface area contributed by atoms with Crippen LogP contribution in [0.1, 0.15) is 57.8 Å². The zero-order chi connectivity index (χ0) is 17.1. The van der Waals surface area contributed by atoms with Gasteiger partial charge in [-0.25, -0.2) is 4.79 Å². The van der Waals surface area contributed by atoms with Gasteiger partial charge in [0.15, 0.2) is 0 Å². The van der Waals surface area contributed by atoms with E-state index < -0.39 is 5.60 Å². The van der Waals surface area contributed by atoms with Crippen molar-refractivity contribution in [3.05, 3.63) is 17.5 Å². The third-order valence-electron chi connectivity index (χ3n) is 4.34. The molecule has 0 saturated heterocycles. The van der Waals surface area contributed by atoms with E-state index in [1.165, 1.54) is 12.8 Å². The molecule has 1 aromatic heterocycles. The average molecular weight is 322 g/mol. The maximum atomic E-state index is 11.9. The standard InChI is InChI=1S/C17H30N4O2/c1-13-10-14(20-21(13)5)11-19-17(8-6-7-9-17)12-18-15(22)23-16(2,3)4/h10,19H,6-9,11-12H2,1-5H3,(H,18,22). The molecular weight excluding hydrogens is 292 g/mol. The predicted octanol–water partition coefficient (Wildman–Crippen LogP) is 2.66. The van der Waals surface area contributed by atoms with E-state index in [4.69, 9.17) is 4.74 Å². The van der Waals surface area contributed by atoms with Crippen LogP contribution in [0.4, 0.5) is 4.79 Å². The van der Waals surface area contributed by atoms with Crippen LogP contribution in [0.5, 0.6) is 0 Å². The van der Waals surface area contributed by atoms with Crippen LogP contribution in [0.25, 0.3) is 0 Å². The van der Waals surface area contributed by atoms with Crippen LogP contribution in [0.3, 0.4) is 0 Å². The van der Waals surface area contributed by atoms with Gasteiger partial charge in [0.2, 0.25) is 0 Å². The van der Waals surface area contributed by atoms with Gasteiger partial charge in [0, 0.05) is 31.4 Å². The molecule has 1 fully saturated rings. The third-order valence-corrected chi connectivity index (χ3v) is 4.34. The van der Waals surface area contributed by atoms with Crippen LogP contribution in [-0.2, 0) is 18.3 Å². The molecule has 130 valence electrons. The van der Waals surface area contributed by atoms with Gasteiger partial charge in [-0.05, 0) is 46.6 Å². The maximum Gasteiger partial charge on any atom is 0.407 e. The van der Waals surface area contributed by atoms with Crippen LogP contribution < -0.4 is 10.6 Å². The number of nitrogens with zero attached hydrogens (tertiary/aromatic N) is 2. The molecular formula is C17H30N4O2. The Morgan fingerprint density at radius 3 is 2.57 bits per heavy atom. The molecule has 2 N–H and O–H groups in total. The molecule has 1 saturated carbocycles. The Labute approximate surface area is 139 Å². The summed E-state index contributed by atoms with van der Waals surface area (Å²) < 4.78 is 7.22. The Bertz CT molecular complexity index is 520. The van der Waals surface area contributed by atoms with E-state index in [0.717, 1.165) is 30.8 Å². The Morgan fingerprint density at radius 1 is 1.39 bits per heavy atom. The number of aryl methyl sites for hydroxylation is 2. The summed E-state index contributed by atoms with van der Waals surface area (Å²) in [6.45, 7) is 8.98. The van der Waals surface area contributed by atoms with Gasteiger partial charge in [0.05, 0.1) is 5.69 Å². The highest BCUT2D eigenvalue weighted by molar-refractivity contribution is 5.67. The highest BCUT2D eigenvalue weighted by Gasteiger charge is 2.34. The van der Waals surface area contributed by atoms with Crippen molar-refractivity contribution in [2.45, 2.75) is 71.1 Å². The van der Waals surface area contributed by atoms with Gasteiger partial charge in [-0.3, -0.25) is 4.68 Å². The minimum absolute atomic E-state index is 0.0532. The lowest BCUT2D eigenvalue weighted by Gasteiger charge is -2.31. The monoisotopic (exact) mass is 322 g/mol. The van der Waals surface area contributed by atoms with Gasteiger partial charge >= 0.3 is 6.09 Å². The van der Waals surface area contributed by atoms with Crippen LogP contribution >= 0.6 is 0 Å². The van der Waals surface area contributed by atoms with E-state index in [0.29, 0.717) is 6.54 Å². The van der Waals surface area contributed by atoms with Crippen LogP contribution in [0.15, 0.2) is 6.07 Å². The first-order chi connectivity index (χ1) is 10.7. The van der Waals surface area contributed by atoms with Gasteiger partial charge in [-0.15, -0.1) is 0 Å². The van der Waals surface area contributed by atoms with Gasteiger partial charge < -0.3 is 15.4 Å². The summed E-state index contributed by atoms with van der Waals surface area (Å²) in [6, 6.07) is 2.09. The minimum atomic E-state index is -0.466. The normalized spacial score (nSPS) is 17.3. The number of hydrogen-bond donors (Lipinski definition) is 2. The molecule has 0 aromatic carbocycles. The number of aromatic nitrogens is 2. The van der Waals surface area contributed by atoms with Crippen molar-refractivity contribution in [3.63, 3.8) is 0 Å². The first-order valence-electron chi connectivity index (χ1n) is 8.41. The topological polar surface area (TPSA) is 68.2 Å². The first kappa shape index (κ1) is 17.8. The number of rotatable bonds is 5. The smallest absolute Gasteiger partial charge is 0.407 e. The summed E-state index contributed by atoms with van der Waals surface area (Å²) in [4.78, 5) is 11.9. The van der Waals surface area contributed by atoms with E-state index in [2.05, 4.69) is 21.8 Å². The van der Waals surface area contributed by atoms with E-state index in [9.17, 15) is 4.79 Å². The first-order valence-corrected chi connectivity index (χ1v) is 8.41. The largest absolute Gasteiger partial charge is 0.444 e. The van der Waals surface area contributed by atoms with Crippen molar-refractivity contribution >= 4 is 6.09 Å². The third kappa shape index (κ3) is 5.23. The van der Waals surface area contributed by atoms with E-state index >= 15 is 0 Å². The Kier molecular flexibility index (Phi) is 5.34. The Morgan fingerprint density at radius 2 is 2.04 bits per heavy atom. The number of ether oxygens (including phenoxy) is 1. The fourth-order valence-electron chi connectivity index (χ4n) is 3.02. The summed E-state index contributed by atoms with van der Waals surface area (Å²) in [7, 11) is 1.95. The molecule has 2 rings (SSSR count). The molecule has 0 spiro atoms. The molecule has 6 nitrogen and oxygen atoms in total. The minimum Gasteiger partial charge on any atom is -0.444 e. The molecule has 0 radical (unpaired) electrons. The number of nitrogens with one attached hydrogen (secondary N) is 2. The second-order valence-corrected chi connectivity index (χ2v) is 7.60. The Hall–Kier alpha value is -1.56. The lowest BCUT2D eigenvalue weighted by Crippen LogP contribution is -2.52. The zero-order valence-electron chi connectivity index (χ0n) is 15.0. The molecule has 0 aliphatic heterocycles. The van der Waals surface area contributed by atoms with Crippen molar-refractivity contribution in [3.8, 4) is 0 Å². The lowest BCUT2D eigenvalue weighted by molar-refractivity contribution is 0.0509. The molecule has 0 bridgehead atoms. The fourth-order valence-corrected chi connectivity index (χ4v) is 3.02. The van der Waals surface area contributed by atoms with E-state index in [-0.39, 0.29) is 11.6 Å². The number of amides is 1. The summed E-state index contributed by atoms with van der Waals surface area (Å²) in [5, 5.41) is 11.0.